The van der Waals surface area contributed by atoms with E-state index in [1.165, 1.54) is 5.56 Å². The minimum Gasteiger partial charge on any atom is -0.364 e. The van der Waals surface area contributed by atoms with Crippen LogP contribution in [-0.4, -0.2) is 33.4 Å². The summed E-state index contributed by atoms with van der Waals surface area (Å²) in [6.45, 7) is 11.0. The van der Waals surface area contributed by atoms with E-state index in [4.69, 9.17) is 0 Å². The number of rotatable bonds is 2. The Balaban J connectivity index is 1.71. The lowest BCUT2D eigenvalue weighted by atomic mass is 9.54. The summed E-state index contributed by atoms with van der Waals surface area (Å²) in [4.78, 5) is 30.1. The van der Waals surface area contributed by atoms with E-state index in [0.717, 1.165) is 24.1 Å². The first-order valence-corrected chi connectivity index (χ1v) is 12.3. The van der Waals surface area contributed by atoms with Crippen LogP contribution in [0.3, 0.4) is 0 Å². The summed E-state index contributed by atoms with van der Waals surface area (Å²) in [6, 6.07) is 8.84. The first-order chi connectivity index (χ1) is 15.5. The average Bonchev–Trinajstić information content (AvgIpc) is 3.11. The van der Waals surface area contributed by atoms with Crippen molar-refractivity contribution in [2.75, 3.05) is 4.90 Å². The lowest BCUT2D eigenvalue weighted by molar-refractivity contribution is -0.138. The molecule has 176 valence electrons. The van der Waals surface area contributed by atoms with Crippen LogP contribution in [0, 0.1) is 29.6 Å². The van der Waals surface area contributed by atoms with Gasteiger partial charge in [0, 0.05) is 61.6 Å². The Morgan fingerprint density at radius 3 is 1.82 bits per heavy atom. The fraction of sp³-hybridized carbons (Fsp3) is 0.607. The quantitative estimate of drug-likeness (QED) is 0.644. The van der Waals surface area contributed by atoms with Crippen LogP contribution in [0.15, 0.2) is 36.7 Å². The van der Waals surface area contributed by atoms with Gasteiger partial charge in [-0.3, -0.25) is 14.3 Å². The van der Waals surface area contributed by atoms with E-state index >= 15 is 0 Å². The van der Waals surface area contributed by atoms with Crippen molar-refractivity contribution in [2.45, 2.75) is 78.3 Å². The molecular formula is C28H37N3O2. The maximum Gasteiger partial charge on any atom is 0.139 e. The van der Waals surface area contributed by atoms with Gasteiger partial charge in [-0.25, -0.2) is 0 Å². The van der Waals surface area contributed by atoms with E-state index in [0.29, 0.717) is 24.4 Å². The van der Waals surface area contributed by atoms with Crippen LogP contribution in [0.5, 0.6) is 0 Å². The SMILES string of the molecule is Cc1ccc(N2[C@@H]3CC(C)(C)CC(=O)[C@@H]3C(c3cnn(C)c3)[C@@H]3C(=O)CC(C)(C)C[C@H]32)cc1. The van der Waals surface area contributed by atoms with E-state index in [9.17, 15) is 9.59 Å². The van der Waals surface area contributed by atoms with Crippen molar-refractivity contribution in [3.8, 4) is 0 Å². The molecule has 3 aliphatic rings. The molecule has 0 N–H and O–H groups in total. The number of carbonyl (C=O) groups is 2. The maximum absolute atomic E-state index is 13.8. The number of anilines is 1. The van der Waals surface area contributed by atoms with E-state index in [1.807, 2.05) is 19.4 Å². The molecule has 3 fully saturated rings. The van der Waals surface area contributed by atoms with Gasteiger partial charge < -0.3 is 4.90 Å². The Kier molecular flexibility index (Phi) is 5.11. The molecule has 0 spiro atoms. The van der Waals surface area contributed by atoms with Gasteiger partial charge in [-0.2, -0.15) is 5.10 Å². The average molecular weight is 448 g/mol. The third-order valence-electron chi connectivity index (χ3n) is 8.33. The van der Waals surface area contributed by atoms with Crippen LogP contribution in [0.2, 0.25) is 0 Å². The van der Waals surface area contributed by atoms with E-state index in [2.05, 4.69) is 68.9 Å². The molecule has 0 radical (unpaired) electrons. The molecule has 2 aromatic rings. The number of aryl methyl sites for hydroxylation is 2. The Morgan fingerprint density at radius 1 is 0.848 bits per heavy atom. The molecular weight excluding hydrogens is 410 g/mol. The summed E-state index contributed by atoms with van der Waals surface area (Å²) in [5.74, 6) is 0.143. The van der Waals surface area contributed by atoms with Crippen molar-refractivity contribution >= 4 is 17.3 Å². The van der Waals surface area contributed by atoms with Gasteiger partial charge in [0.1, 0.15) is 11.6 Å². The molecule has 5 heteroatoms. The van der Waals surface area contributed by atoms with Gasteiger partial charge in [-0.1, -0.05) is 45.4 Å². The zero-order valence-corrected chi connectivity index (χ0v) is 20.8. The van der Waals surface area contributed by atoms with Gasteiger partial charge in [0.15, 0.2) is 0 Å². The highest BCUT2D eigenvalue weighted by Gasteiger charge is 2.60. The normalized spacial score (nSPS) is 32.9. The second-order valence-electron chi connectivity index (χ2n) is 12.4. The minimum atomic E-state index is -0.185. The van der Waals surface area contributed by atoms with Gasteiger partial charge >= 0.3 is 0 Å². The number of nitrogens with zero attached hydrogens (tertiary/aromatic N) is 3. The first-order valence-electron chi connectivity index (χ1n) is 12.3. The fourth-order valence-electron chi connectivity index (χ4n) is 7.16. The third-order valence-corrected chi connectivity index (χ3v) is 8.33. The van der Waals surface area contributed by atoms with Crippen LogP contribution in [0.1, 0.15) is 70.4 Å². The lowest BCUT2D eigenvalue weighted by Crippen LogP contribution is -2.66. The van der Waals surface area contributed by atoms with Gasteiger partial charge in [-0.15, -0.1) is 0 Å². The number of Topliss-reactive ketones (excluding diaryl/α,β-unsaturated/α-hetero) is 2. The lowest BCUT2D eigenvalue weighted by Gasteiger charge is -2.60. The summed E-state index contributed by atoms with van der Waals surface area (Å²) < 4.78 is 1.81. The summed E-state index contributed by atoms with van der Waals surface area (Å²) >= 11 is 0. The first kappa shape index (κ1) is 22.4. The van der Waals surface area contributed by atoms with Gasteiger partial charge in [0.25, 0.3) is 0 Å². The zero-order valence-electron chi connectivity index (χ0n) is 20.8. The molecule has 2 aliphatic carbocycles. The van der Waals surface area contributed by atoms with E-state index in [1.54, 1.807) is 4.68 Å². The number of benzene rings is 1. The number of piperidine rings is 1. The minimum absolute atomic E-state index is 0.0539. The molecule has 0 bridgehead atoms. The van der Waals surface area contributed by atoms with Crippen molar-refractivity contribution < 1.29 is 9.59 Å². The van der Waals surface area contributed by atoms with E-state index < -0.39 is 0 Å². The van der Waals surface area contributed by atoms with Crippen molar-refractivity contribution in [3.05, 3.63) is 47.8 Å². The summed E-state index contributed by atoms with van der Waals surface area (Å²) in [5, 5.41) is 4.44. The van der Waals surface area contributed by atoms with Crippen molar-refractivity contribution in [3.63, 3.8) is 0 Å². The molecule has 1 saturated heterocycles. The molecule has 33 heavy (non-hydrogen) atoms. The second-order valence-corrected chi connectivity index (χ2v) is 12.4. The van der Waals surface area contributed by atoms with Crippen molar-refractivity contribution in [2.24, 2.45) is 29.7 Å². The molecule has 5 nitrogen and oxygen atoms in total. The predicted octanol–water partition coefficient (Wildman–Crippen LogP) is 5.08. The standard InChI is InChI=1S/C28H37N3O2/c1-17-7-9-19(10-8-17)31-20-11-27(2,3)13-22(32)25(20)24(18-15-29-30(6)16-18)26-21(31)12-28(4,5)14-23(26)33/h7-10,15-16,20-21,24-26H,11-14H2,1-6H3/t20-,21-,24?,25-,26+/m1/s1. The second kappa shape index (κ2) is 7.54. The van der Waals surface area contributed by atoms with Crippen LogP contribution in [-0.2, 0) is 16.6 Å². The number of ketones is 2. The van der Waals surface area contributed by atoms with Crippen LogP contribution >= 0.6 is 0 Å². The predicted molar refractivity (Wildman–Crippen MR) is 130 cm³/mol. The number of fused-ring (bicyclic) bond motifs is 2. The Labute approximate surface area is 197 Å². The highest BCUT2D eigenvalue weighted by atomic mass is 16.1. The number of hydrogen-bond donors (Lipinski definition) is 0. The highest BCUT2D eigenvalue weighted by Crippen LogP contribution is 2.56. The van der Waals surface area contributed by atoms with Crippen LogP contribution in [0.4, 0.5) is 5.69 Å². The van der Waals surface area contributed by atoms with Crippen LogP contribution < -0.4 is 4.90 Å². The monoisotopic (exact) mass is 447 g/mol. The van der Waals surface area contributed by atoms with Crippen molar-refractivity contribution in [1.29, 1.82) is 0 Å². The molecule has 0 amide bonds. The Hall–Kier alpha value is -2.43. The van der Waals surface area contributed by atoms with Gasteiger partial charge in [0.05, 0.1) is 6.20 Å². The molecule has 5 atom stereocenters. The van der Waals surface area contributed by atoms with Crippen molar-refractivity contribution in [1.82, 2.24) is 9.78 Å². The molecule has 2 saturated carbocycles. The number of aromatic nitrogens is 2. The third kappa shape index (κ3) is 3.83. The largest absolute Gasteiger partial charge is 0.364 e. The smallest absolute Gasteiger partial charge is 0.139 e. The highest BCUT2D eigenvalue weighted by molar-refractivity contribution is 5.90. The van der Waals surface area contributed by atoms with Gasteiger partial charge in [0.2, 0.25) is 0 Å². The number of carbonyl (C=O) groups excluding carboxylic acids is 2. The molecule has 1 unspecified atom stereocenters. The summed E-state index contributed by atoms with van der Waals surface area (Å²) in [5.41, 5.74) is 3.30. The molecule has 1 aliphatic heterocycles. The molecule has 1 aromatic heterocycles. The molecule has 1 aromatic carbocycles. The summed E-state index contributed by atoms with van der Waals surface area (Å²) in [6.07, 6.45) is 6.96. The fourth-order valence-corrected chi connectivity index (χ4v) is 7.16. The maximum atomic E-state index is 13.8. The Morgan fingerprint density at radius 2 is 1.36 bits per heavy atom. The summed E-state index contributed by atoms with van der Waals surface area (Å²) in [7, 11) is 1.91. The molecule has 2 heterocycles. The number of hydrogen-bond acceptors (Lipinski definition) is 4. The zero-order chi connectivity index (χ0) is 23.7. The van der Waals surface area contributed by atoms with E-state index in [-0.39, 0.29) is 40.7 Å². The van der Waals surface area contributed by atoms with Gasteiger partial charge in [-0.05, 0) is 48.3 Å². The molecule has 5 rings (SSSR count). The van der Waals surface area contributed by atoms with Crippen LogP contribution in [0.25, 0.3) is 0 Å². The Bertz CT molecular complexity index is 1040. The topological polar surface area (TPSA) is 55.2 Å².